The van der Waals surface area contributed by atoms with Crippen LogP contribution in [0.3, 0.4) is 0 Å². The van der Waals surface area contributed by atoms with Gasteiger partial charge < -0.3 is 20.0 Å². The molecule has 0 unspecified atom stereocenters. The summed E-state index contributed by atoms with van der Waals surface area (Å²) < 4.78 is 0. The van der Waals surface area contributed by atoms with Crippen LogP contribution >= 0.6 is 0 Å². The summed E-state index contributed by atoms with van der Waals surface area (Å²) in [5.74, 6) is -0.0320. The number of aliphatic hydroxyl groups is 1. The van der Waals surface area contributed by atoms with Gasteiger partial charge in [0.05, 0.1) is 5.56 Å². The van der Waals surface area contributed by atoms with Crippen molar-refractivity contribution in [3.8, 4) is 5.75 Å². The van der Waals surface area contributed by atoms with Crippen LogP contribution in [-0.4, -0.2) is 65.3 Å². The molecule has 5 nitrogen and oxygen atoms in total. The largest absolute Gasteiger partial charge is 0.507 e. The number of nitrogens with zero attached hydrogens (tertiary/aromatic N) is 2. The summed E-state index contributed by atoms with van der Waals surface area (Å²) in [6.45, 7) is 4.43. The molecule has 0 aromatic heterocycles. The van der Waals surface area contributed by atoms with E-state index < -0.39 is 0 Å². The fourth-order valence-electron chi connectivity index (χ4n) is 3.00. The molecule has 1 aromatic carbocycles. The summed E-state index contributed by atoms with van der Waals surface area (Å²) in [7, 11) is 2.07. The van der Waals surface area contributed by atoms with Gasteiger partial charge in [-0.15, -0.1) is 0 Å². The van der Waals surface area contributed by atoms with Crippen molar-refractivity contribution < 1.29 is 15.0 Å². The van der Waals surface area contributed by atoms with Crippen molar-refractivity contribution in [1.82, 2.24) is 9.80 Å². The standard InChI is InChI=1S/C17H26N2O3/c1-13-4-5-16(21)15(12-13)17(22)19-9-6-14(7-10-19)18(2)8-3-11-20/h4-5,12,14,20-21H,3,6-11H2,1-2H3. The van der Waals surface area contributed by atoms with E-state index in [1.807, 2.05) is 11.8 Å². The molecule has 0 saturated carbocycles. The number of benzene rings is 1. The normalized spacial score (nSPS) is 16.3. The second kappa shape index (κ2) is 7.61. The van der Waals surface area contributed by atoms with Crippen molar-refractivity contribution in [2.45, 2.75) is 32.2 Å². The number of aryl methyl sites for hydroxylation is 1. The molecular weight excluding hydrogens is 280 g/mol. The zero-order chi connectivity index (χ0) is 16.1. The number of phenols is 1. The Morgan fingerprint density at radius 3 is 2.68 bits per heavy atom. The SMILES string of the molecule is Cc1ccc(O)c(C(=O)N2CCC(N(C)CCCO)CC2)c1. The van der Waals surface area contributed by atoms with Crippen LogP contribution in [0.5, 0.6) is 5.75 Å². The Morgan fingerprint density at radius 1 is 1.36 bits per heavy atom. The molecule has 2 rings (SSSR count). The summed E-state index contributed by atoms with van der Waals surface area (Å²) in [6.07, 6.45) is 2.65. The number of carbonyl (C=O) groups is 1. The predicted molar refractivity (Wildman–Crippen MR) is 86.1 cm³/mol. The molecule has 122 valence electrons. The van der Waals surface area contributed by atoms with Gasteiger partial charge in [-0.1, -0.05) is 11.6 Å². The summed E-state index contributed by atoms with van der Waals surface area (Å²) in [5, 5.41) is 18.8. The minimum atomic E-state index is -0.0855. The molecule has 5 heteroatoms. The number of rotatable bonds is 5. The number of hydrogen-bond donors (Lipinski definition) is 2. The Bertz CT molecular complexity index is 511. The average Bonchev–Trinajstić information content (AvgIpc) is 2.54. The number of phenolic OH excluding ortho intramolecular Hbond substituents is 1. The molecule has 0 spiro atoms. The van der Waals surface area contributed by atoms with Crippen molar-refractivity contribution in [1.29, 1.82) is 0 Å². The van der Waals surface area contributed by atoms with Gasteiger partial charge in [0, 0.05) is 32.3 Å². The van der Waals surface area contributed by atoms with E-state index in [2.05, 4.69) is 11.9 Å². The number of carbonyl (C=O) groups excluding carboxylic acids is 1. The lowest BCUT2D eigenvalue weighted by atomic mass is 10.0. The Balaban J connectivity index is 1.93. The quantitative estimate of drug-likeness (QED) is 0.868. The molecule has 1 aliphatic heterocycles. The van der Waals surface area contributed by atoms with E-state index in [-0.39, 0.29) is 18.3 Å². The minimum absolute atomic E-state index is 0.0535. The second-order valence-electron chi connectivity index (χ2n) is 6.10. The van der Waals surface area contributed by atoms with Crippen molar-refractivity contribution in [2.75, 3.05) is 33.3 Å². The van der Waals surface area contributed by atoms with Gasteiger partial charge in [0.2, 0.25) is 0 Å². The molecule has 1 aromatic rings. The molecule has 0 bridgehead atoms. The molecule has 2 N–H and O–H groups in total. The van der Waals surface area contributed by atoms with Crippen LogP contribution in [0.25, 0.3) is 0 Å². The molecule has 1 fully saturated rings. The fourth-order valence-corrected chi connectivity index (χ4v) is 3.00. The van der Waals surface area contributed by atoms with Crippen LogP contribution in [0.1, 0.15) is 35.2 Å². The molecule has 22 heavy (non-hydrogen) atoms. The average molecular weight is 306 g/mol. The Kier molecular flexibility index (Phi) is 5.80. The van der Waals surface area contributed by atoms with E-state index in [9.17, 15) is 9.90 Å². The van der Waals surface area contributed by atoms with Gasteiger partial charge >= 0.3 is 0 Å². The van der Waals surface area contributed by atoms with E-state index in [1.165, 1.54) is 0 Å². The van der Waals surface area contributed by atoms with Crippen LogP contribution in [0.15, 0.2) is 18.2 Å². The molecule has 1 aliphatic rings. The van der Waals surface area contributed by atoms with Gasteiger partial charge in [-0.05, 0) is 45.4 Å². The third kappa shape index (κ3) is 3.99. The molecule has 0 aliphatic carbocycles. The highest BCUT2D eigenvalue weighted by atomic mass is 16.3. The topological polar surface area (TPSA) is 64.0 Å². The number of piperidine rings is 1. The minimum Gasteiger partial charge on any atom is -0.507 e. The molecule has 0 atom stereocenters. The number of aromatic hydroxyl groups is 1. The summed E-state index contributed by atoms with van der Waals surface area (Å²) in [4.78, 5) is 16.6. The van der Waals surface area contributed by atoms with Gasteiger partial charge in [-0.25, -0.2) is 0 Å². The van der Waals surface area contributed by atoms with E-state index >= 15 is 0 Å². The van der Waals surface area contributed by atoms with E-state index in [0.29, 0.717) is 24.7 Å². The molecule has 1 saturated heterocycles. The molecule has 1 heterocycles. The highest BCUT2D eigenvalue weighted by Crippen LogP contribution is 2.23. The molecule has 0 radical (unpaired) electrons. The monoisotopic (exact) mass is 306 g/mol. The first-order valence-corrected chi connectivity index (χ1v) is 7.93. The smallest absolute Gasteiger partial charge is 0.257 e. The Labute approximate surface area is 132 Å². The molecular formula is C17H26N2O3. The first-order valence-electron chi connectivity index (χ1n) is 7.93. The third-order valence-electron chi connectivity index (χ3n) is 4.43. The van der Waals surface area contributed by atoms with Gasteiger partial charge in [0.1, 0.15) is 5.75 Å². The lowest BCUT2D eigenvalue weighted by Crippen LogP contribution is -2.45. The number of hydrogen-bond acceptors (Lipinski definition) is 4. The summed E-state index contributed by atoms with van der Waals surface area (Å²) in [6, 6.07) is 5.59. The van der Waals surface area contributed by atoms with Crippen LogP contribution < -0.4 is 0 Å². The highest BCUT2D eigenvalue weighted by molar-refractivity contribution is 5.97. The number of aliphatic hydroxyl groups excluding tert-OH is 1. The van der Waals surface area contributed by atoms with E-state index in [4.69, 9.17) is 5.11 Å². The van der Waals surface area contributed by atoms with Gasteiger partial charge in [-0.3, -0.25) is 4.79 Å². The number of likely N-dealkylation sites (tertiary alicyclic amines) is 1. The van der Waals surface area contributed by atoms with Crippen LogP contribution in [0.4, 0.5) is 0 Å². The third-order valence-corrected chi connectivity index (χ3v) is 4.43. The predicted octanol–water partition coefficient (Wildman–Crippen LogP) is 1.62. The zero-order valence-corrected chi connectivity index (χ0v) is 13.5. The maximum absolute atomic E-state index is 12.5. The van der Waals surface area contributed by atoms with Crippen LogP contribution in [0.2, 0.25) is 0 Å². The lowest BCUT2D eigenvalue weighted by molar-refractivity contribution is 0.0638. The van der Waals surface area contributed by atoms with Gasteiger partial charge in [0.15, 0.2) is 0 Å². The van der Waals surface area contributed by atoms with Crippen LogP contribution in [0, 0.1) is 6.92 Å². The van der Waals surface area contributed by atoms with Gasteiger partial charge in [0.25, 0.3) is 5.91 Å². The maximum Gasteiger partial charge on any atom is 0.257 e. The first-order chi connectivity index (χ1) is 10.5. The lowest BCUT2D eigenvalue weighted by Gasteiger charge is -2.36. The zero-order valence-electron chi connectivity index (χ0n) is 13.5. The van der Waals surface area contributed by atoms with Crippen molar-refractivity contribution in [3.63, 3.8) is 0 Å². The maximum atomic E-state index is 12.5. The van der Waals surface area contributed by atoms with Crippen molar-refractivity contribution >= 4 is 5.91 Å². The summed E-state index contributed by atoms with van der Waals surface area (Å²) in [5.41, 5.74) is 1.37. The Hall–Kier alpha value is -1.59. The second-order valence-corrected chi connectivity index (χ2v) is 6.10. The molecule has 1 amide bonds. The fraction of sp³-hybridized carbons (Fsp3) is 0.588. The highest BCUT2D eigenvalue weighted by Gasteiger charge is 2.26. The van der Waals surface area contributed by atoms with E-state index in [1.54, 1.807) is 18.2 Å². The van der Waals surface area contributed by atoms with Crippen molar-refractivity contribution in [3.05, 3.63) is 29.3 Å². The first kappa shape index (κ1) is 16.8. The van der Waals surface area contributed by atoms with Gasteiger partial charge in [-0.2, -0.15) is 0 Å². The van der Waals surface area contributed by atoms with Crippen LogP contribution in [-0.2, 0) is 0 Å². The summed E-state index contributed by atoms with van der Waals surface area (Å²) >= 11 is 0. The van der Waals surface area contributed by atoms with Crippen molar-refractivity contribution in [2.24, 2.45) is 0 Å². The Morgan fingerprint density at radius 2 is 2.05 bits per heavy atom. The van der Waals surface area contributed by atoms with E-state index in [0.717, 1.165) is 31.4 Å². The number of amides is 1.